The summed E-state index contributed by atoms with van der Waals surface area (Å²) >= 11 is 5.83. The maximum Gasteiger partial charge on any atom is 0.361 e. The van der Waals surface area contributed by atoms with Crippen molar-refractivity contribution in [3.63, 3.8) is 0 Å². The molecule has 5 heteroatoms. The first-order chi connectivity index (χ1) is 9.05. The Bertz CT molecular complexity index is 484. The van der Waals surface area contributed by atoms with Crippen LogP contribution in [-0.4, -0.2) is 13.2 Å². The SMILES string of the molecule is C=C/C(=C/c1ccc(Cl)cc1)P(=O)(OCC)OCC. The third-order valence-electron chi connectivity index (χ3n) is 2.31. The van der Waals surface area contributed by atoms with E-state index < -0.39 is 7.60 Å². The first-order valence-electron chi connectivity index (χ1n) is 6.05. The van der Waals surface area contributed by atoms with Gasteiger partial charge in [0.25, 0.3) is 0 Å². The number of hydrogen-bond donors (Lipinski definition) is 0. The average molecular weight is 301 g/mol. The number of benzene rings is 1. The molecule has 0 aliphatic carbocycles. The van der Waals surface area contributed by atoms with Crippen molar-refractivity contribution in [2.24, 2.45) is 0 Å². The molecule has 0 atom stereocenters. The van der Waals surface area contributed by atoms with Crippen LogP contribution >= 0.6 is 19.2 Å². The molecule has 19 heavy (non-hydrogen) atoms. The summed E-state index contributed by atoms with van der Waals surface area (Å²) in [6, 6.07) is 7.18. The fourth-order valence-electron chi connectivity index (χ4n) is 1.51. The van der Waals surface area contributed by atoms with Crippen LogP contribution in [0, 0.1) is 0 Å². The summed E-state index contributed by atoms with van der Waals surface area (Å²) in [5.74, 6) is 0. The van der Waals surface area contributed by atoms with Crippen molar-refractivity contribution in [3.05, 3.63) is 52.8 Å². The van der Waals surface area contributed by atoms with Gasteiger partial charge in [0.2, 0.25) is 0 Å². The fraction of sp³-hybridized carbons (Fsp3) is 0.286. The van der Waals surface area contributed by atoms with Crippen LogP contribution in [0.5, 0.6) is 0 Å². The smallest absolute Gasteiger partial charge is 0.305 e. The summed E-state index contributed by atoms with van der Waals surface area (Å²) in [6.07, 6.45) is 3.23. The molecule has 1 aromatic rings. The number of hydrogen-bond acceptors (Lipinski definition) is 3. The van der Waals surface area contributed by atoms with E-state index in [0.29, 0.717) is 23.6 Å². The van der Waals surface area contributed by atoms with Gasteiger partial charge in [0, 0.05) is 5.02 Å². The zero-order valence-electron chi connectivity index (χ0n) is 11.1. The lowest BCUT2D eigenvalue weighted by Crippen LogP contribution is -1.97. The second-order valence-corrected chi connectivity index (χ2v) is 6.12. The van der Waals surface area contributed by atoms with E-state index in [-0.39, 0.29) is 0 Å². The second-order valence-electron chi connectivity index (χ2n) is 3.66. The van der Waals surface area contributed by atoms with Crippen LogP contribution in [0.4, 0.5) is 0 Å². The normalized spacial score (nSPS) is 12.5. The second kappa shape index (κ2) is 7.66. The predicted octanol–water partition coefficient (Wildman–Crippen LogP) is 5.13. The predicted molar refractivity (Wildman–Crippen MR) is 80.5 cm³/mol. The van der Waals surface area contributed by atoms with Gasteiger partial charge in [-0.3, -0.25) is 4.57 Å². The molecule has 0 saturated carbocycles. The molecule has 1 rings (SSSR count). The van der Waals surface area contributed by atoms with Gasteiger partial charge in [-0.1, -0.05) is 36.4 Å². The molecule has 0 saturated heterocycles. The van der Waals surface area contributed by atoms with Crippen LogP contribution in [0.25, 0.3) is 6.08 Å². The maximum absolute atomic E-state index is 12.6. The molecule has 0 bridgehead atoms. The first kappa shape index (κ1) is 16.2. The Morgan fingerprint density at radius 1 is 1.26 bits per heavy atom. The number of rotatable bonds is 7. The summed E-state index contributed by atoms with van der Waals surface area (Å²) < 4.78 is 23.2. The molecule has 3 nitrogen and oxygen atoms in total. The average Bonchev–Trinajstić information content (AvgIpc) is 2.38. The van der Waals surface area contributed by atoms with Crippen molar-refractivity contribution in [2.75, 3.05) is 13.2 Å². The molecule has 0 aromatic heterocycles. The minimum atomic E-state index is -3.30. The highest BCUT2D eigenvalue weighted by Crippen LogP contribution is 2.56. The van der Waals surface area contributed by atoms with Gasteiger partial charge in [-0.05, 0) is 37.6 Å². The van der Waals surface area contributed by atoms with Gasteiger partial charge < -0.3 is 9.05 Å². The zero-order chi connectivity index (χ0) is 14.3. The lowest BCUT2D eigenvalue weighted by molar-refractivity contribution is 0.227. The third kappa shape index (κ3) is 4.63. The Morgan fingerprint density at radius 2 is 1.79 bits per heavy atom. The number of halogens is 1. The van der Waals surface area contributed by atoms with E-state index in [1.54, 1.807) is 32.1 Å². The minimum Gasteiger partial charge on any atom is -0.305 e. The van der Waals surface area contributed by atoms with E-state index in [9.17, 15) is 4.57 Å². The minimum absolute atomic E-state index is 0.309. The van der Waals surface area contributed by atoms with E-state index in [2.05, 4.69) is 6.58 Å². The van der Waals surface area contributed by atoms with Crippen LogP contribution in [0.15, 0.2) is 42.2 Å². The largest absolute Gasteiger partial charge is 0.361 e. The Kier molecular flexibility index (Phi) is 6.53. The van der Waals surface area contributed by atoms with Crippen LogP contribution in [0.1, 0.15) is 19.4 Å². The standard InChI is InChI=1S/C14H18ClO3P/c1-4-14(19(16,17-5-2)18-6-3)11-12-7-9-13(15)10-8-12/h4,7-11H,1,5-6H2,2-3H3/b14-11-. The molecule has 0 amide bonds. The summed E-state index contributed by atoms with van der Waals surface area (Å²) in [4.78, 5) is 0. The highest BCUT2D eigenvalue weighted by atomic mass is 35.5. The van der Waals surface area contributed by atoms with Gasteiger partial charge in [0.05, 0.1) is 18.5 Å². The van der Waals surface area contributed by atoms with Gasteiger partial charge in [-0.15, -0.1) is 0 Å². The number of allylic oxidation sites excluding steroid dienone is 2. The van der Waals surface area contributed by atoms with Crippen molar-refractivity contribution in [2.45, 2.75) is 13.8 Å². The van der Waals surface area contributed by atoms with Crippen LogP contribution in [0.2, 0.25) is 5.02 Å². The zero-order valence-corrected chi connectivity index (χ0v) is 12.8. The summed E-state index contributed by atoms with van der Waals surface area (Å²) in [6.45, 7) is 7.84. The van der Waals surface area contributed by atoms with Gasteiger partial charge in [-0.2, -0.15) is 0 Å². The van der Waals surface area contributed by atoms with Crippen LogP contribution < -0.4 is 0 Å². The highest BCUT2D eigenvalue weighted by molar-refractivity contribution is 7.59. The topological polar surface area (TPSA) is 35.5 Å². The van der Waals surface area contributed by atoms with Gasteiger partial charge in [0.15, 0.2) is 0 Å². The van der Waals surface area contributed by atoms with Gasteiger partial charge in [-0.25, -0.2) is 0 Å². The van der Waals surface area contributed by atoms with Gasteiger partial charge >= 0.3 is 7.60 Å². The summed E-state index contributed by atoms with van der Waals surface area (Å²) in [5.41, 5.74) is 0.860. The maximum atomic E-state index is 12.6. The molecule has 0 aliphatic rings. The quantitative estimate of drug-likeness (QED) is 0.517. The molecule has 0 radical (unpaired) electrons. The van der Waals surface area contributed by atoms with Gasteiger partial charge in [0.1, 0.15) is 0 Å². The Morgan fingerprint density at radius 3 is 2.21 bits per heavy atom. The molecule has 104 valence electrons. The van der Waals surface area contributed by atoms with Crippen LogP contribution in [-0.2, 0) is 13.6 Å². The molecule has 0 heterocycles. The molecule has 0 fully saturated rings. The molecule has 0 N–H and O–H groups in total. The molecule has 0 spiro atoms. The van der Waals surface area contributed by atoms with Crippen LogP contribution in [0.3, 0.4) is 0 Å². The summed E-state index contributed by atoms with van der Waals surface area (Å²) in [7, 11) is -3.30. The van der Waals surface area contributed by atoms with Crippen molar-refractivity contribution < 1.29 is 13.6 Å². The van der Waals surface area contributed by atoms with Crippen molar-refractivity contribution in [3.8, 4) is 0 Å². The van der Waals surface area contributed by atoms with E-state index >= 15 is 0 Å². The lowest BCUT2D eigenvalue weighted by atomic mass is 10.2. The summed E-state index contributed by atoms with van der Waals surface area (Å²) in [5, 5.41) is 1.09. The first-order valence-corrected chi connectivity index (χ1v) is 7.97. The monoisotopic (exact) mass is 300 g/mol. The van der Waals surface area contributed by atoms with Crippen molar-refractivity contribution >= 4 is 25.3 Å². The lowest BCUT2D eigenvalue weighted by Gasteiger charge is -2.17. The van der Waals surface area contributed by atoms with E-state index in [1.165, 1.54) is 6.08 Å². The molecule has 0 aliphatic heterocycles. The van der Waals surface area contributed by atoms with Crippen molar-refractivity contribution in [1.82, 2.24) is 0 Å². The van der Waals surface area contributed by atoms with E-state index in [0.717, 1.165) is 5.56 Å². The Labute approximate surface area is 119 Å². The molecule has 1 aromatic carbocycles. The molecule has 0 unspecified atom stereocenters. The highest BCUT2D eigenvalue weighted by Gasteiger charge is 2.27. The molecular weight excluding hydrogens is 283 g/mol. The van der Waals surface area contributed by atoms with Crippen molar-refractivity contribution in [1.29, 1.82) is 0 Å². The van der Waals surface area contributed by atoms with E-state index in [4.69, 9.17) is 20.6 Å². The third-order valence-corrected chi connectivity index (χ3v) is 4.70. The molecular formula is C14H18ClO3P. The van der Waals surface area contributed by atoms with E-state index in [1.807, 2.05) is 12.1 Å². The Balaban J connectivity index is 3.12. The fourth-order valence-corrected chi connectivity index (χ4v) is 3.22. The Hall–Kier alpha value is -0.860.